The molecule has 0 N–H and O–H groups in total. The Bertz CT molecular complexity index is 256. The van der Waals surface area contributed by atoms with Gasteiger partial charge in [0, 0.05) is 13.1 Å². The molecule has 0 saturated heterocycles. The van der Waals surface area contributed by atoms with E-state index in [1.807, 2.05) is 0 Å². The molecule has 1 aromatic rings. The molecular weight excluding hydrogens is 210 g/mol. The van der Waals surface area contributed by atoms with Crippen LogP contribution in [-0.4, -0.2) is 11.9 Å². The molecule has 1 aromatic heterocycles. The first-order valence-electron chi connectivity index (χ1n) is 3.20. The fourth-order valence-corrected chi connectivity index (χ4v) is 2.77. The van der Waals surface area contributed by atoms with E-state index in [2.05, 4.69) is 33.3 Å². The predicted octanol–water partition coefficient (Wildman–Crippen LogP) is 2.46. The molecule has 1 aliphatic rings. The highest BCUT2D eigenvalue weighted by molar-refractivity contribution is 9.11. The van der Waals surface area contributed by atoms with Crippen LogP contribution in [0.15, 0.2) is 9.17 Å². The lowest BCUT2D eigenvalue weighted by Gasteiger charge is -2.03. The Morgan fingerprint density at radius 1 is 1.60 bits per heavy atom. The summed E-state index contributed by atoms with van der Waals surface area (Å²) in [6, 6.07) is 0. The van der Waals surface area contributed by atoms with Crippen LogP contribution >= 0.6 is 27.3 Å². The molecule has 2 rings (SSSR count). The molecule has 0 aromatic carbocycles. The summed E-state index contributed by atoms with van der Waals surface area (Å²) >= 11 is 5.34. The summed E-state index contributed by atoms with van der Waals surface area (Å²) < 4.78 is 1.31. The van der Waals surface area contributed by atoms with Crippen LogP contribution in [0.1, 0.15) is 11.1 Å². The molecule has 0 spiro atoms. The van der Waals surface area contributed by atoms with Crippen molar-refractivity contribution in [2.45, 2.75) is 13.1 Å². The molecule has 0 fully saturated rings. The van der Waals surface area contributed by atoms with E-state index in [-0.39, 0.29) is 0 Å². The van der Waals surface area contributed by atoms with Crippen molar-refractivity contribution in [2.75, 3.05) is 7.05 Å². The molecule has 0 saturated carbocycles. The normalized spacial score (nSPS) is 17.8. The quantitative estimate of drug-likeness (QED) is 0.646. The van der Waals surface area contributed by atoms with E-state index >= 15 is 0 Å². The van der Waals surface area contributed by atoms with Crippen molar-refractivity contribution in [2.24, 2.45) is 0 Å². The van der Waals surface area contributed by atoms with Gasteiger partial charge in [-0.1, -0.05) is 0 Å². The van der Waals surface area contributed by atoms with Gasteiger partial charge >= 0.3 is 0 Å². The van der Waals surface area contributed by atoms with Crippen LogP contribution < -0.4 is 0 Å². The maximum Gasteiger partial charge on any atom is 0.0746 e. The summed E-state index contributed by atoms with van der Waals surface area (Å²) in [5.74, 6) is 0. The number of thiophene rings is 1. The van der Waals surface area contributed by atoms with E-state index in [9.17, 15) is 0 Å². The summed E-state index contributed by atoms with van der Waals surface area (Å²) in [7, 11) is 2.15. The number of nitrogens with zero attached hydrogens (tertiary/aromatic N) is 1. The van der Waals surface area contributed by atoms with Crippen molar-refractivity contribution < 1.29 is 0 Å². The van der Waals surface area contributed by atoms with E-state index in [0.29, 0.717) is 0 Å². The monoisotopic (exact) mass is 217 g/mol. The summed E-state index contributed by atoms with van der Waals surface area (Å²) in [6.07, 6.45) is 0. The molecule has 0 bridgehead atoms. The van der Waals surface area contributed by atoms with Crippen LogP contribution in [0.5, 0.6) is 0 Å². The van der Waals surface area contributed by atoms with Crippen LogP contribution in [0, 0.1) is 0 Å². The zero-order chi connectivity index (χ0) is 7.14. The lowest BCUT2D eigenvalue weighted by atomic mass is 10.2. The van der Waals surface area contributed by atoms with Gasteiger partial charge in [0.25, 0.3) is 0 Å². The zero-order valence-electron chi connectivity index (χ0n) is 5.72. The summed E-state index contributed by atoms with van der Waals surface area (Å²) in [5.41, 5.74) is 2.99. The lowest BCUT2D eigenvalue weighted by Crippen LogP contribution is -2.07. The minimum absolute atomic E-state index is 1.11. The Balaban J connectivity index is 2.44. The highest BCUT2D eigenvalue weighted by Gasteiger charge is 2.18. The second-order valence-corrected chi connectivity index (χ2v) is 4.88. The van der Waals surface area contributed by atoms with Gasteiger partial charge in [-0.25, -0.2) is 0 Å². The molecule has 10 heavy (non-hydrogen) atoms. The van der Waals surface area contributed by atoms with Crippen LogP contribution in [0.25, 0.3) is 0 Å². The maximum absolute atomic E-state index is 3.54. The Hall–Kier alpha value is 0.140. The number of halogens is 1. The highest BCUT2D eigenvalue weighted by atomic mass is 79.9. The van der Waals surface area contributed by atoms with Gasteiger partial charge in [-0.05, 0) is 39.5 Å². The van der Waals surface area contributed by atoms with Gasteiger partial charge < -0.3 is 0 Å². The largest absolute Gasteiger partial charge is 0.298 e. The Kier molecular flexibility index (Phi) is 1.59. The second kappa shape index (κ2) is 2.32. The van der Waals surface area contributed by atoms with Crippen molar-refractivity contribution in [1.29, 1.82) is 0 Å². The van der Waals surface area contributed by atoms with E-state index in [4.69, 9.17) is 0 Å². The molecule has 0 radical (unpaired) electrons. The standard InChI is InChI=1S/C7H8BrNS/c1-9-2-5-4-10-7(8)6(5)3-9/h4H,2-3H2,1H3. The van der Waals surface area contributed by atoms with Gasteiger partial charge in [0.1, 0.15) is 0 Å². The third-order valence-electron chi connectivity index (χ3n) is 1.80. The SMILES string of the molecule is CN1Cc2csc(Br)c2C1. The van der Waals surface area contributed by atoms with Crippen molar-refractivity contribution in [3.8, 4) is 0 Å². The van der Waals surface area contributed by atoms with E-state index < -0.39 is 0 Å². The van der Waals surface area contributed by atoms with Crippen LogP contribution in [-0.2, 0) is 13.1 Å². The Morgan fingerprint density at radius 3 is 3.10 bits per heavy atom. The minimum Gasteiger partial charge on any atom is -0.298 e. The van der Waals surface area contributed by atoms with Gasteiger partial charge in [0.15, 0.2) is 0 Å². The van der Waals surface area contributed by atoms with E-state index in [1.165, 1.54) is 14.9 Å². The minimum atomic E-state index is 1.11. The summed E-state index contributed by atoms with van der Waals surface area (Å²) in [4.78, 5) is 2.32. The maximum atomic E-state index is 3.54. The fraction of sp³-hybridized carbons (Fsp3) is 0.429. The van der Waals surface area contributed by atoms with Gasteiger partial charge in [-0.15, -0.1) is 11.3 Å². The molecular formula is C7H8BrNS. The smallest absolute Gasteiger partial charge is 0.0746 e. The van der Waals surface area contributed by atoms with Crippen LogP contribution in [0.3, 0.4) is 0 Å². The fourth-order valence-electron chi connectivity index (χ4n) is 1.30. The van der Waals surface area contributed by atoms with E-state index in [1.54, 1.807) is 11.3 Å². The molecule has 0 unspecified atom stereocenters. The van der Waals surface area contributed by atoms with Crippen LogP contribution in [0.2, 0.25) is 0 Å². The third-order valence-corrected chi connectivity index (χ3v) is 3.69. The molecule has 0 aliphatic carbocycles. The molecule has 3 heteroatoms. The molecule has 0 amide bonds. The summed E-state index contributed by atoms with van der Waals surface area (Å²) in [6.45, 7) is 2.23. The summed E-state index contributed by atoms with van der Waals surface area (Å²) in [5, 5.41) is 2.24. The third kappa shape index (κ3) is 0.929. The number of hydrogen-bond donors (Lipinski definition) is 0. The molecule has 1 aliphatic heterocycles. The molecule has 54 valence electrons. The first kappa shape index (κ1) is 6.83. The topological polar surface area (TPSA) is 3.24 Å². The van der Waals surface area contributed by atoms with Crippen molar-refractivity contribution in [1.82, 2.24) is 4.90 Å². The highest BCUT2D eigenvalue weighted by Crippen LogP contribution is 2.33. The number of fused-ring (bicyclic) bond motifs is 1. The van der Waals surface area contributed by atoms with Gasteiger partial charge in [-0.3, -0.25) is 4.90 Å². The number of rotatable bonds is 0. The molecule has 2 heterocycles. The van der Waals surface area contributed by atoms with Crippen molar-refractivity contribution in [3.05, 3.63) is 20.3 Å². The Morgan fingerprint density at radius 2 is 2.40 bits per heavy atom. The predicted molar refractivity (Wildman–Crippen MR) is 47.2 cm³/mol. The average Bonchev–Trinajstić information content (AvgIpc) is 2.35. The van der Waals surface area contributed by atoms with Gasteiger partial charge in [-0.2, -0.15) is 0 Å². The van der Waals surface area contributed by atoms with E-state index in [0.717, 1.165) is 13.1 Å². The second-order valence-electron chi connectivity index (χ2n) is 2.69. The van der Waals surface area contributed by atoms with Crippen molar-refractivity contribution >= 4 is 27.3 Å². The molecule has 0 atom stereocenters. The zero-order valence-corrected chi connectivity index (χ0v) is 8.13. The average molecular weight is 218 g/mol. The van der Waals surface area contributed by atoms with Crippen LogP contribution in [0.4, 0.5) is 0 Å². The lowest BCUT2D eigenvalue weighted by molar-refractivity contribution is 0.353. The van der Waals surface area contributed by atoms with Gasteiger partial charge in [0.2, 0.25) is 0 Å². The first-order valence-corrected chi connectivity index (χ1v) is 4.88. The van der Waals surface area contributed by atoms with Crippen molar-refractivity contribution in [3.63, 3.8) is 0 Å². The number of hydrogen-bond acceptors (Lipinski definition) is 2. The molecule has 1 nitrogen and oxygen atoms in total. The van der Waals surface area contributed by atoms with Gasteiger partial charge in [0.05, 0.1) is 3.79 Å². The Labute approximate surface area is 72.8 Å². The first-order chi connectivity index (χ1) is 4.77.